The molecular weight excluding hydrogens is 371 g/mol. The van der Waals surface area contributed by atoms with Crippen molar-refractivity contribution < 1.29 is 14.3 Å². The van der Waals surface area contributed by atoms with Crippen molar-refractivity contribution in [1.29, 1.82) is 0 Å². The van der Waals surface area contributed by atoms with E-state index < -0.39 is 12.1 Å². The van der Waals surface area contributed by atoms with Crippen LogP contribution < -0.4 is 4.74 Å². The highest BCUT2D eigenvalue weighted by molar-refractivity contribution is 6.35. The smallest absolute Gasteiger partial charge is 0.345 e. The van der Waals surface area contributed by atoms with Crippen LogP contribution in [0.4, 0.5) is 0 Å². The minimum atomic E-state index is -0.505. The van der Waals surface area contributed by atoms with Crippen molar-refractivity contribution in [3.8, 4) is 5.75 Å². The number of halogens is 2. The van der Waals surface area contributed by atoms with E-state index in [0.717, 1.165) is 11.1 Å². The predicted molar refractivity (Wildman–Crippen MR) is 103 cm³/mol. The Bertz CT molecular complexity index is 827. The molecule has 26 heavy (non-hydrogen) atoms. The average molecular weight is 387 g/mol. The van der Waals surface area contributed by atoms with Crippen molar-refractivity contribution >= 4 is 29.2 Å². The van der Waals surface area contributed by atoms with Gasteiger partial charge < -0.3 is 9.47 Å². The molecule has 3 aromatic rings. The molecule has 0 heterocycles. The second-order valence-electron chi connectivity index (χ2n) is 5.55. The molecule has 0 N–H and O–H groups in total. The van der Waals surface area contributed by atoms with Gasteiger partial charge in [0.15, 0.2) is 12.7 Å². The molecule has 0 aliphatic carbocycles. The lowest BCUT2D eigenvalue weighted by Crippen LogP contribution is -2.19. The van der Waals surface area contributed by atoms with Crippen molar-refractivity contribution in [2.45, 2.75) is 6.10 Å². The summed E-state index contributed by atoms with van der Waals surface area (Å²) in [6.07, 6.45) is -0.505. The van der Waals surface area contributed by atoms with Crippen molar-refractivity contribution in [2.24, 2.45) is 0 Å². The zero-order chi connectivity index (χ0) is 18.4. The summed E-state index contributed by atoms with van der Waals surface area (Å²) in [5.74, 6) is -0.113. The Morgan fingerprint density at radius 1 is 0.846 bits per heavy atom. The second-order valence-corrected chi connectivity index (χ2v) is 6.40. The Hall–Kier alpha value is -2.49. The first kappa shape index (κ1) is 18.3. The van der Waals surface area contributed by atoms with Crippen LogP contribution in [-0.4, -0.2) is 12.6 Å². The maximum Gasteiger partial charge on any atom is 0.345 e. The summed E-state index contributed by atoms with van der Waals surface area (Å²) >= 11 is 11.9. The minimum Gasteiger partial charge on any atom is -0.480 e. The fraction of sp³-hybridized carbons (Fsp3) is 0.0952. The number of rotatable bonds is 6. The van der Waals surface area contributed by atoms with Crippen LogP contribution in [0.3, 0.4) is 0 Å². The van der Waals surface area contributed by atoms with E-state index in [1.54, 1.807) is 18.2 Å². The Morgan fingerprint density at radius 3 is 1.96 bits per heavy atom. The third-order valence-electron chi connectivity index (χ3n) is 3.69. The monoisotopic (exact) mass is 386 g/mol. The molecule has 0 aliphatic rings. The fourth-order valence-corrected chi connectivity index (χ4v) is 2.94. The molecule has 132 valence electrons. The van der Waals surface area contributed by atoms with Crippen LogP contribution in [0.15, 0.2) is 78.9 Å². The molecule has 0 fully saturated rings. The van der Waals surface area contributed by atoms with Crippen molar-refractivity contribution in [1.82, 2.24) is 0 Å². The third kappa shape index (κ3) is 4.78. The maximum atomic E-state index is 12.3. The number of carbonyl (C=O) groups is 1. The highest BCUT2D eigenvalue weighted by Crippen LogP contribution is 2.28. The molecule has 0 amide bonds. The van der Waals surface area contributed by atoms with Crippen molar-refractivity contribution in [3.63, 3.8) is 0 Å². The molecule has 0 radical (unpaired) electrons. The van der Waals surface area contributed by atoms with Gasteiger partial charge in [0.2, 0.25) is 0 Å². The van der Waals surface area contributed by atoms with Crippen LogP contribution in [0.2, 0.25) is 10.0 Å². The Morgan fingerprint density at radius 2 is 1.42 bits per heavy atom. The lowest BCUT2D eigenvalue weighted by atomic mass is 10.0. The molecule has 0 atom stereocenters. The van der Waals surface area contributed by atoms with E-state index in [0.29, 0.717) is 15.8 Å². The molecule has 0 unspecified atom stereocenters. The lowest BCUT2D eigenvalue weighted by molar-refractivity contribution is -0.149. The third-order valence-corrected chi connectivity index (χ3v) is 4.22. The number of hydrogen-bond acceptors (Lipinski definition) is 3. The molecule has 0 saturated carbocycles. The van der Waals surface area contributed by atoms with Gasteiger partial charge in [0.1, 0.15) is 5.75 Å². The zero-order valence-corrected chi connectivity index (χ0v) is 15.3. The number of ether oxygens (including phenoxy) is 2. The topological polar surface area (TPSA) is 35.5 Å². The largest absolute Gasteiger partial charge is 0.480 e. The van der Waals surface area contributed by atoms with E-state index in [2.05, 4.69) is 0 Å². The highest BCUT2D eigenvalue weighted by atomic mass is 35.5. The van der Waals surface area contributed by atoms with Gasteiger partial charge in [-0.15, -0.1) is 0 Å². The SMILES string of the molecule is O=C(COc1ccc(Cl)cc1Cl)OC(c1ccccc1)c1ccccc1. The van der Waals surface area contributed by atoms with Gasteiger partial charge in [-0.05, 0) is 29.3 Å². The van der Waals surface area contributed by atoms with Gasteiger partial charge in [-0.25, -0.2) is 4.79 Å². The summed E-state index contributed by atoms with van der Waals surface area (Å²) < 4.78 is 11.1. The molecule has 0 bridgehead atoms. The van der Waals surface area contributed by atoms with Gasteiger partial charge in [0.25, 0.3) is 0 Å². The van der Waals surface area contributed by atoms with E-state index in [1.165, 1.54) is 0 Å². The Labute approximate surface area is 162 Å². The highest BCUT2D eigenvalue weighted by Gasteiger charge is 2.19. The van der Waals surface area contributed by atoms with Crippen LogP contribution in [0, 0.1) is 0 Å². The molecular formula is C21H16Cl2O3. The number of hydrogen-bond donors (Lipinski definition) is 0. The summed E-state index contributed by atoms with van der Waals surface area (Å²) in [5.41, 5.74) is 1.77. The van der Waals surface area contributed by atoms with Gasteiger partial charge in [-0.2, -0.15) is 0 Å². The normalized spacial score (nSPS) is 10.6. The van der Waals surface area contributed by atoms with Gasteiger partial charge in [-0.1, -0.05) is 83.9 Å². The zero-order valence-electron chi connectivity index (χ0n) is 13.8. The van der Waals surface area contributed by atoms with E-state index in [-0.39, 0.29) is 6.61 Å². The summed E-state index contributed by atoms with van der Waals surface area (Å²) in [4.78, 5) is 12.3. The quantitative estimate of drug-likeness (QED) is 0.509. The van der Waals surface area contributed by atoms with E-state index in [9.17, 15) is 4.79 Å². The minimum absolute atomic E-state index is 0.252. The van der Waals surface area contributed by atoms with Crippen LogP contribution in [0.25, 0.3) is 0 Å². The molecule has 0 spiro atoms. The van der Waals surface area contributed by atoms with Crippen molar-refractivity contribution in [3.05, 3.63) is 100 Å². The molecule has 0 saturated heterocycles. The van der Waals surface area contributed by atoms with Crippen LogP contribution in [0.1, 0.15) is 17.2 Å². The number of benzene rings is 3. The van der Waals surface area contributed by atoms with Gasteiger partial charge >= 0.3 is 5.97 Å². The van der Waals surface area contributed by atoms with E-state index in [1.807, 2.05) is 60.7 Å². The van der Waals surface area contributed by atoms with Crippen molar-refractivity contribution in [2.75, 3.05) is 6.61 Å². The van der Waals surface area contributed by atoms with Crippen LogP contribution in [-0.2, 0) is 9.53 Å². The maximum absolute atomic E-state index is 12.3. The molecule has 0 aliphatic heterocycles. The summed E-state index contributed by atoms with van der Waals surface area (Å²) in [6, 6.07) is 23.9. The Balaban J connectivity index is 1.71. The van der Waals surface area contributed by atoms with Gasteiger partial charge in [0.05, 0.1) is 5.02 Å². The molecule has 3 rings (SSSR count). The standard InChI is InChI=1S/C21H16Cl2O3/c22-17-11-12-19(18(23)13-17)25-14-20(24)26-21(15-7-3-1-4-8-15)16-9-5-2-6-10-16/h1-13,21H,14H2. The average Bonchev–Trinajstić information content (AvgIpc) is 2.67. The van der Waals surface area contributed by atoms with Gasteiger partial charge in [0, 0.05) is 5.02 Å². The summed E-state index contributed by atoms with van der Waals surface area (Å²) in [6.45, 7) is -0.252. The van der Waals surface area contributed by atoms with Crippen LogP contribution >= 0.6 is 23.2 Å². The first-order chi connectivity index (χ1) is 12.6. The first-order valence-corrected chi connectivity index (χ1v) is 8.76. The number of carbonyl (C=O) groups excluding carboxylic acids is 1. The molecule has 3 nitrogen and oxygen atoms in total. The first-order valence-electron chi connectivity index (χ1n) is 8.01. The van der Waals surface area contributed by atoms with E-state index >= 15 is 0 Å². The molecule has 3 aromatic carbocycles. The second kappa shape index (κ2) is 8.75. The molecule has 0 aromatic heterocycles. The van der Waals surface area contributed by atoms with E-state index in [4.69, 9.17) is 32.7 Å². The fourth-order valence-electron chi connectivity index (χ4n) is 2.48. The lowest BCUT2D eigenvalue weighted by Gasteiger charge is -2.19. The predicted octanol–water partition coefficient (Wildman–Crippen LogP) is 5.71. The molecule has 5 heteroatoms. The van der Waals surface area contributed by atoms with Crippen LogP contribution in [0.5, 0.6) is 5.75 Å². The summed E-state index contributed by atoms with van der Waals surface area (Å²) in [5, 5.41) is 0.839. The van der Waals surface area contributed by atoms with Gasteiger partial charge in [-0.3, -0.25) is 0 Å². The summed E-state index contributed by atoms with van der Waals surface area (Å²) in [7, 11) is 0. The Kier molecular flexibility index (Phi) is 6.16. The number of esters is 1.